The number of hydrogen-bond acceptors (Lipinski definition) is 3. The van der Waals surface area contributed by atoms with Crippen molar-refractivity contribution in [2.45, 2.75) is 0 Å². The molecule has 0 unspecified atom stereocenters. The van der Waals surface area contributed by atoms with Crippen LogP contribution in [-0.4, -0.2) is 9.97 Å². The van der Waals surface area contributed by atoms with Crippen LogP contribution >= 0.6 is 0 Å². The van der Waals surface area contributed by atoms with Crippen molar-refractivity contribution in [1.29, 1.82) is 0 Å². The van der Waals surface area contributed by atoms with Crippen LogP contribution in [-0.2, 0) is 0 Å². The number of aromatic amines is 1. The first kappa shape index (κ1) is 5.22. The minimum atomic E-state index is -0.353. The predicted molar refractivity (Wildman–Crippen MR) is 34.6 cm³/mol. The lowest BCUT2D eigenvalue weighted by Crippen LogP contribution is -2.07. The molecule has 1 N–H and O–H groups in total. The van der Waals surface area contributed by atoms with Crippen LogP contribution in [0.15, 0.2) is 27.7 Å². The van der Waals surface area contributed by atoms with Gasteiger partial charge in [-0.1, -0.05) is 0 Å². The van der Waals surface area contributed by atoms with Gasteiger partial charge >= 0.3 is 5.69 Å². The molecule has 2 heterocycles. The fraction of sp³-hybridized carbons (Fsp3) is 0. The van der Waals surface area contributed by atoms with E-state index in [1.165, 1.54) is 12.5 Å². The van der Waals surface area contributed by atoms with E-state index in [0.29, 0.717) is 11.1 Å². The van der Waals surface area contributed by atoms with Crippen LogP contribution in [0.25, 0.3) is 11.1 Å². The van der Waals surface area contributed by atoms with Gasteiger partial charge in [0.05, 0.1) is 18.0 Å². The Kier molecular flexibility index (Phi) is 0.887. The lowest BCUT2D eigenvalue weighted by molar-refractivity contribution is 0.613. The van der Waals surface area contributed by atoms with Crippen LogP contribution in [0, 0.1) is 0 Å². The van der Waals surface area contributed by atoms with Gasteiger partial charge in [-0.3, -0.25) is 0 Å². The van der Waals surface area contributed by atoms with Gasteiger partial charge in [0.1, 0.15) is 0 Å². The Labute approximate surface area is 55.5 Å². The Hall–Kier alpha value is -1.58. The summed E-state index contributed by atoms with van der Waals surface area (Å²) in [4.78, 5) is 16.6. The highest BCUT2D eigenvalue weighted by Crippen LogP contribution is 2.06. The van der Waals surface area contributed by atoms with Crippen LogP contribution in [0.3, 0.4) is 0 Å². The average molecular weight is 136 g/mol. The van der Waals surface area contributed by atoms with Crippen LogP contribution < -0.4 is 5.69 Å². The molecule has 4 heteroatoms. The monoisotopic (exact) mass is 136 g/mol. The highest BCUT2D eigenvalue weighted by Gasteiger charge is 1.94. The minimum Gasteiger partial charge on any atom is -0.461 e. The van der Waals surface area contributed by atoms with Crippen molar-refractivity contribution in [3.05, 3.63) is 29.0 Å². The normalized spacial score (nSPS) is 10.4. The molecule has 50 valence electrons. The molecule has 2 aromatic rings. The Balaban J connectivity index is 2.99. The van der Waals surface area contributed by atoms with Crippen molar-refractivity contribution in [2.24, 2.45) is 0 Å². The largest absolute Gasteiger partial charge is 0.461 e. The van der Waals surface area contributed by atoms with Crippen molar-refractivity contribution in [3.8, 4) is 0 Å². The van der Waals surface area contributed by atoms with Crippen molar-refractivity contribution in [1.82, 2.24) is 9.97 Å². The first-order valence-electron chi connectivity index (χ1n) is 2.79. The topological polar surface area (TPSA) is 58.9 Å². The molecule has 0 aromatic carbocycles. The Bertz CT molecular complexity index is 401. The maximum Gasteiger partial charge on any atom is 0.345 e. The summed E-state index contributed by atoms with van der Waals surface area (Å²) in [5.74, 6) is 0. The number of aromatic nitrogens is 2. The standard InChI is InChI=1S/C6H4N2O2/c9-6-7-3-5-4(8-6)1-2-10-5/h1-3H,(H,7,8,9). The number of fused-ring (bicyclic) bond motifs is 1. The zero-order valence-electron chi connectivity index (χ0n) is 5.00. The summed E-state index contributed by atoms with van der Waals surface area (Å²) in [6.45, 7) is 0. The summed E-state index contributed by atoms with van der Waals surface area (Å²) in [5.41, 5.74) is 0.925. The SMILES string of the molecule is O=c1ncc2occc2[nH]1. The second-order valence-corrected chi connectivity index (χ2v) is 1.89. The van der Waals surface area contributed by atoms with E-state index in [0.717, 1.165) is 0 Å². The van der Waals surface area contributed by atoms with E-state index >= 15 is 0 Å². The molecule has 0 amide bonds. The first-order chi connectivity index (χ1) is 4.86. The van der Waals surface area contributed by atoms with Gasteiger partial charge in [0, 0.05) is 6.07 Å². The van der Waals surface area contributed by atoms with Crippen LogP contribution in [0.5, 0.6) is 0 Å². The maximum absolute atomic E-state index is 10.6. The Morgan fingerprint density at radius 2 is 2.50 bits per heavy atom. The van der Waals surface area contributed by atoms with E-state index < -0.39 is 0 Å². The Morgan fingerprint density at radius 1 is 1.60 bits per heavy atom. The molecule has 0 radical (unpaired) electrons. The van der Waals surface area contributed by atoms with Gasteiger partial charge in [-0.2, -0.15) is 4.98 Å². The van der Waals surface area contributed by atoms with Gasteiger partial charge < -0.3 is 9.40 Å². The first-order valence-corrected chi connectivity index (χ1v) is 2.79. The van der Waals surface area contributed by atoms with Crippen LogP contribution in [0.4, 0.5) is 0 Å². The predicted octanol–water partition coefficient (Wildman–Crippen LogP) is 0.516. The van der Waals surface area contributed by atoms with Gasteiger partial charge in [-0.05, 0) is 0 Å². The van der Waals surface area contributed by atoms with Crippen molar-refractivity contribution in [2.75, 3.05) is 0 Å². The molecule has 0 saturated heterocycles. The second-order valence-electron chi connectivity index (χ2n) is 1.89. The lowest BCUT2D eigenvalue weighted by atomic mass is 10.5. The van der Waals surface area contributed by atoms with Crippen molar-refractivity contribution in [3.63, 3.8) is 0 Å². The third-order valence-corrected chi connectivity index (χ3v) is 1.24. The van der Waals surface area contributed by atoms with Crippen LogP contribution in [0.2, 0.25) is 0 Å². The molecule has 0 aliphatic heterocycles. The number of H-pyrrole nitrogens is 1. The van der Waals surface area contributed by atoms with E-state index in [2.05, 4.69) is 9.97 Å². The highest BCUT2D eigenvalue weighted by atomic mass is 16.3. The molecule has 0 aliphatic carbocycles. The number of hydrogen-bond donors (Lipinski definition) is 1. The molecule has 10 heavy (non-hydrogen) atoms. The van der Waals surface area contributed by atoms with Gasteiger partial charge in [0.25, 0.3) is 0 Å². The zero-order chi connectivity index (χ0) is 6.97. The van der Waals surface area contributed by atoms with Gasteiger partial charge in [-0.25, -0.2) is 4.79 Å². The van der Waals surface area contributed by atoms with Gasteiger partial charge in [0.2, 0.25) is 0 Å². The number of furan rings is 1. The average Bonchev–Trinajstić information content (AvgIpc) is 2.33. The molecule has 0 aliphatic rings. The summed E-state index contributed by atoms with van der Waals surface area (Å²) < 4.78 is 4.94. The summed E-state index contributed by atoms with van der Waals surface area (Å²) in [6, 6.07) is 1.68. The third-order valence-electron chi connectivity index (χ3n) is 1.24. The fourth-order valence-corrected chi connectivity index (χ4v) is 0.789. The quantitative estimate of drug-likeness (QED) is 0.574. The summed E-state index contributed by atoms with van der Waals surface area (Å²) in [6.07, 6.45) is 2.90. The fourth-order valence-electron chi connectivity index (χ4n) is 0.789. The van der Waals surface area contributed by atoms with E-state index in [1.54, 1.807) is 6.07 Å². The summed E-state index contributed by atoms with van der Waals surface area (Å²) in [7, 11) is 0. The molecule has 0 spiro atoms. The van der Waals surface area contributed by atoms with E-state index in [9.17, 15) is 4.79 Å². The highest BCUT2D eigenvalue weighted by molar-refractivity contribution is 5.70. The lowest BCUT2D eigenvalue weighted by Gasteiger charge is -1.82. The third kappa shape index (κ3) is 0.621. The maximum atomic E-state index is 10.6. The van der Waals surface area contributed by atoms with Crippen LogP contribution in [0.1, 0.15) is 0 Å². The van der Waals surface area contributed by atoms with Crippen molar-refractivity contribution >= 4 is 11.1 Å². The molecule has 4 nitrogen and oxygen atoms in total. The summed E-state index contributed by atoms with van der Waals surface area (Å²) >= 11 is 0. The molecule has 0 atom stereocenters. The molecular formula is C6H4N2O2. The minimum absolute atomic E-state index is 0.353. The van der Waals surface area contributed by atoms with Crippen molar-refractivity contribution < 1.29 is 4.42 Å². The summed E-state index contributed by atoms with van der Waals surface area (Å²) in [5, 5.41) is 0. The number of nitrogens with zero attached hydrogens (tertiary/aromatic N) is 1. The van der Waals surface area contributed by atoms with Gasteiger partial charge in [0.15, 0.2) is 5.58 Å². The molecular weight excluding hydrogens is 132 g/mol. The second kappa shape index (κ2) is 1.70. The molecule has 2 rings (SSSR count). The number of nitrogens with one attached hydrogen (secondary N) is 1. The van der Waals surface area contributed by atoms with E-state index in [4.69, 9.17) is 4.42 Å². The van der Waals surface area contributed by atoms with E-state index in [-0.39, 0.29) is 5.69 Å². The van der Waals surface area contributed by atoms with E-state index in [1.807, 2.05) is 0 Å². The molecule has 2 aromatic heterocycles. The molecule has 0 fully saturated rings. The number of rotatable bonds is 0. The zero-order valence-corrected chi connectivity index (χ0v) is 5.00. The molecule has 0 bridgehead atoms. The molecule has 0 saturated carbocycles. The smallest absolute Gasteiger partial charge is 0.345 e. The Morgan fingerprint density at radius 3 is 3.40 bits per heavy atom. The van der Waals surface area contributed by atoms with Gasteiger partial charge in [-0.15, -0.1) is 0 Å².